The molecule has 3 aromatic rings. The Balaban J connectivity index is 1.60. The molecule has 10 heteroatoms. The zero-order valence-corrected chi connectivity index (χ0v) is 16.4. The maximum atomic E-state index is 12.2. The molecule has 0 spiro atoms. The lowest BCUT2D eigenvalue weighted by Gasteiger charge is -2.08. The SMILES string of the molecule is COC(=O)c1sccc1NC(=O)COC(=O)c1ccc(-n2c(C)c[nH]c2=O)cc1. The third-order valence-electron chi connectivity index (χ3n) is 3.97. The van der Waals surface area contributed by atoms with Gasteiger partial charge < -0.3 is 19.8 Å². The van der Waals surface area contributed by atoms with E-state index in [1.54, 1.807) is 36.7 Å². The molecule has 0 saturated carbocycles. The van der Waals surface area contributed by atoms with Crippen molar-refractivity contribution in [3.05, 3.63) is 68.5 Å². The van der Waals surface area contributed by atoms with Gasteiger partial charge in [0.15, 0.2) is 6.61 Å². The van der Waals surface area contributed by atoms with Crippen LogP contribution >= 0.6 is 11.3 Å². The van der Waals surface area contributed by atoms with Gasteiger partial charge in [-0.25, -0.2) is 14.4 Å². The number of imidazole rings is 1. The summed E-state index contributed by atoms with van der Waals surface area (Å²) in [5, 5.41) is 4.14. The van der Waals surface area contributed by atoms with Crippen molar-refractivity contribution >= 4 is 34.9 Å². The van der Waals surface area contributed by atoms with E-state index in [0.717, 1.165) is 17.0 Å². The van der Waals surface area contributed by atoms with Gasteiger partial charge in [-0.05, 0) is 42.6 Å². The summed E-state index contributed by atoms with van der Waals surface area (Å²) in [5.41, 5.74) is 1.56. The van der Waals surface area contributed by atoms with Crippen molar-refractivity contribution in [2.45, 2.75) is 6.92 Å². The van der Waals surface area contributed by atoms with Gasteiger partial charge in [-0.1, -0.05) is 0 Å². The molecule has 2 N–H and O–H groups in total. The molecule has 0 unspecified atom stereocenters. The number of amides is 1. The highest BCUT2D eigenvalue weighted by atomic mass is 32.1. The van der Waals surface area contributed by atoms with Crippen LogP contribution in [0.25, 0.3) is 5.69 Å². The van der Waals surface area contributed by atoms with Crippen LogP contribution in [-0.2, 0) is 14.3 Å². The Labute approximate surface area is 168 Å². The molecule has 0 bridgehead atoms. The van der Waals surface area contributed by atoms with E-state index in [9.17, 15) is 19.2 Å². The summed E-state index contributed by atoms with van der Waals surface area (Å²) in [7, 11) is 1.24. The summed E-state index contributed by atoms with van der Waals surface area (Å²) in [5.74, 6) is -1.85. The van der Waals surface area contributed by atoms with Gasteiger partial charge in [0, 0.05) is 11.9 Å². The van der Waals surface area contributed by atoms with Gasteiger partial charge in [-0.2, -0.15) is 0 Å². The van der Waals surface area contributed by atoms with Crippen LogP contribution in [0.1, 0.15) is 25.7 Å². The van der Waals surface area contributed by atoms with Crippen molar-refractivity contribution < 1.29 is 23.9 Å². The molecule has 150 valence electrons. The minimum absolute atomic E-state index is 0.230. The second-order valence-electron chi connectivity index (χ2n) is 5.90. The van der Waals surface area contributed by atoms with Gasteiger partial charge in [-0.15, -0.1) is 11.3 Å². The highest BCUT2D eigenvalue weighted by Crippen LogP contribution is 2.23. The van der Waals surface area contributed by atoms with Crippen molar-refractivity contribution in [1.82, 2.24) is 9.55 Å². The molecular formula is C19H17N3O6S. The molecular weight excluding hydrogens is 398 g/mol. The zero-order chi connectivity index (χ0) is 21.0. The fourth-order valence-electron chi connectivity index (χ4n) is 2.58. The van der Waals surface area contributed by atoms with E-state index >= 15 is 0 Å². The van der Waals surface area contributed by atoms with E-state index in [2.05, 4.69) is 15.0 Å². The van der Waals surface area contributed by atoms with E-state index in [4.69, 9.17) is 4.74 Å². The quantitative estimate of drug-likeness (QED) is 0.595. The average Bonchev–Trinajstić information content (AvgIpc) is 3.31. The molecule has 2 aromatic heterocycles. The van der Waals surface area contributed by atoms with Crippen molar-refractivity contribution in [2.75, 3.05) is 19.0 Å². The molecule has 2 heterocycles. The average molecular weight is 415 g/mol. The van der Waals surface area contributed by atoms with Crippen LogP contribution < -0.4 is 11.0 Å². The number of hydrogen-bond acceptors (Lipinski definition) is 7. The first kappa shape index (κ1) is 20.1. The largest absolute Gasteiger partial charge is 0.465 e. The molecule has 0 fully saturated rings. The Bertz CT molecular complexity index is 1110. The molecule has 0 atom stereocenters. The summed E-state index contributed by atoms with van der Waals surface area (Å²) < 4.78 is 11.1. The number of benzene rings is 1. The lowest BCUT2D eigenvalue weighted by molar-refractivity contribution is -0.119. The number of hydrogen-bond donors (Lipinski definition) is 2. The molecule has 29 heavy (non-hydrogen) atoms. The first-order valence-corrected chi connectivity index (χ1v) is 9.29. The molecule has 1 amide bonds. The fourth-order valence-corrected chi connectivity index (χ4v) is 3.35. The summed E-state index contributed by atoms with van der Waals surface area (Å²) in [6.45, 7) is 1.26. The number of aryl methyl sites for hydroxylation is 1. The van der Waals surface area contributed by atoms with Gasteiger partial charge in [0.25, 0.3) is 5.91 Å². The molecule has 0 saturated heterocycles. The van der Waals surface area contributed by atoms with Crippen LogP contribution in [0.3, 0.4) is 0 Å². The minimum Gasteiger partial charge on any atom is -0.465 e. The molecule has 1 aromatic carbocycles. The molecule has 0 aliphatic rings. The van der Waals surface area contributed by atoms with Crippen LogP contribution in [0, 0.1) is 6.92 Å². The molecule has 0 radical (unpaired) electrons. The smallest absolute Gasteiger partial charge is 0.350 e. The van der Waals surface area contributed by atoms with Crippen LogP contribution in [0.2, 0.25) is 0 Å². The Kier molecular flexibility index (Phi) is 5.93. The number of thiophene rings is 1. The number of H-pyrrole nitrogens is 1. The normalized spacial score (nSPS) is 10.4. The number of aromatic nitrogens is 2. The van der Waals surface area contributed by atoms with Crippen molar-refractivity contribution in [3.8, 4) is 5.69 Å². The monoisotopic (exact) mass is 415 g/mol. The number of nitrogens with one attached hydrogen (secondary N) is 2. The highest BCUT2D eigenvalue weighted by Gasteiger charge is 2.17. The number of carbonyl (C=O) groups excluding carboxylic acids is 3. The van der Waals surface area contributed by atoms with Gasteiger partial charge in [-0.3, -0.25) is 9.36 Å². The standard InChI is InChI=1S/C19H17N3O6S/c1-11-9-20-19(26)22(11)13-5-3-12(4-6-13)17(24)28-10-15(23)21-14-7-8-29-16(14)18(25)27-2/h3-9H,10H2,1-2H3,(H,20,26)(H,21,23). The molecule has 3 rings (SSSR count). The van der Waals surface area contributed by atoms with E-state index in [1.165, 1.54) is 23.8 Å². The first-order chi connectivity index (χ1) is 13.9. The van der Waals surface area contributed by atoms with E-state index in [1.807, 2.05) is 0 Å². The second kappa shape index (κ2) is 8.57. The summed E-state index contributed by atoms with van der Waals surface area (Å²) in [6, 6.07) is 7.77. The summed E-state index contributed by atoms with van der Waals surface area (Å²) >= 11 is 1.12. The van der Waals surface area contributed by atoms with Crippen molar-refractivity contribution in [3.63, 3.8) is 0 Å². The van der Waals surface area contributed by atoms with Crippen LogP contribution in [0.5, 0.6) is 0 Å². The van der Waals surface area contributed by atoms with Crippen LogP contribution in [-0.4, -0.2) is 41.1 Å². The molecule has 0 aliphatic heterocycles. The van der Waals surface area contributed by atoms with Crippen LogP contribution in [0.4, 0.5) is 5.69 Å². The van der Waals surface area contributed by atoms with Gasteiger partial charge >= 0.3 is 17.6 Å². The number of rotatable bonds is 6. The second-order valence-corrected chi connectivity index (χ2v) is 6.81. The van der Waals surface area contributed by atoms with Crippen molar-refractivity contribution in [1.29, 1.82) is 0 Å². The lowest BCUT2D eigenvalue weighted by Crippen LogP contribution is -2.21. The van der Waals surface area contributed by atoms with E-state index in [0.29, 0.717) is 11.4 Å². The number of nitrogens with zero attached hydrogens (tertiary/aromatic N) is 1. The number of aromatic amines is 1. The number of anilines is 1. The number of methoxy groups -OCH3 is 1. The van der Waals surface area contributed by atoms with Crippen LogP contribution in [0.15, 0.2) is 46.7 Å². The Hall–Kier alpha value is -3.66. The van der Waals surface area contributed by atoms with Gasteiger partial charge in [0.2, 0.25) is 0 Å². The lowest BCUT2D eigenvalue weighted by atomic mass is 10.2. The maximum Gasteiger partial charge on any atom is 0.350 e. The predicted molar refractivity (Wildman–Crippen MR) is 106 cm³/mol. The van der Waals surface area contributed by atoms with Crippen molar-refractivity contribution in [2.24, 2.45) is 0 Å². The minimum atomic E-state index is -0.691. The molecule has 0 aliphatic carbocycles. The summed E-state index contributed by atoms with van der Waals surface area (Å²) in [4.78, 5) is 50.4. The Morgan fingerprint density at radius 3 is 2.48 bits per heavy atom. The predicted octanol–water partition coefficient (Wildman–Crippen LogP) is 2.12. The summed E-state index contributed by atoms with van der Waals surface area (Å²) in [6.07, 6.45) is 1.59. The zero-order valence-electron chi connectivity index (χ0n) is 15.6. The third-order valence-corrected chi connectivity index (χ3v) is 4.86. The molecule has 9 nitrogen and oxygen atoms in total. The number of carbonyl (C=O) groups is 3. The maximum absolute atomic E-state index is 12.2. The fraction of sp³-hybridized carbons (Fsp3) is 0.158. The van der Waals surface area contributed by atoms with Gasteiger partial charge in [0.05, 0.1) is 24.0 Å². The number of esters is 2. The Morgan fingerprint density at radius 2 is 1.86 bits per heavy atom. The number of ether oxygens (including phenoxy) is 2. The first-order valence-electron chi connectivity index (χ1n) is 8.41. The van der Waals surface area contributed by atoms with Gasteiger partial charge in [0.1, 0.15) is 4.88 Å². The highest BCUT2D eigenvalue weighted by molar-refractivity contribution is 7.12. The Morgan fingerprint density at radius 1 is 1.14 bits per heavy atom. The topological polar surface area (TPSA) is 119 Å². The van der Waals surface area contributed by atoms with E-state index in [-0.39, 0.29) is 16.1 Å². The third kappa shape index (κ3) is 4.43. The van der Waals surface area contributed by atoms with E-state index < -0.39 is 24.5 Å².